The predicted molar refractivity (Wildman–Crippen MR) is 143 cm³/mol. The number of esters is 1. The van der Waals surface area contributed by atoms with Gasteiger partial charge in [-0.3, -0.25) is 4.79 Å². The zero-order chi connectivity index (χ0) is 26.0. The number of nitrogens with zero attached hydrogens (tertiary/aromatic N) is 4. The molecule has 0 spiro atoms. The van der Waals surface area contributed by atoms with E-state index in [2.05, 4.69) is 30.6 Å². The van der Waals surface area contributed by atoms with Crippen molar-refractivity contribution in [3.05, 3.63) is 86.1 Å². The van der Waals surface area contributed by atoms with Gasteiger partial charge in [0.1, 0.15) is 11.6 Å². The summed E-state index contributed by atoms with van der Waals surface area (Å²) in [6, 6.07) is 14.9. The van der Waals surface area contributed by atoms with Crippen molar-refractivity contribution in [2.24, 2.45) is 5.10 Å². The normalized spacial score (nSPS) is 11.5. The quantitative estimate of drug-likeness (QED) is 0.236. The van der Waals surface area contributed by atoms with Crippen LogP contribution >= 0.6 is 15.9 Å². The Balaban J connectivity index is 1.58. The highest BCUT2D eigenvalue weighted by Crippen LogP contribution is 2.22. The van der Waals surface area contributed by atoms with Gasteiger partial charge in [-0.1, -0.05) is 15.9 Å². The molecule has 0 fully saturated rings. The van der Waals surface area contributed by atoms with Gasteiger partial charge in [-0.25, -0.2) is 9.78 Å². The fraction of sp³-hybridized carbons (Fsp3) is 0.259. The summed E-state index contributed by atoms with van der Waals surface area (Å²) in [5, 5.41) is 4.96. The van der Waals surface area contributed by atoms with Gasteiger partial charge in [0.05, 0.1) is 23.2 Å². The van der Waals surface area contributed by atoms with Crippen molar-refractivity contribution in [3.8, 4) is 11.4 Å². The van der Waals surface area contributed by atoms with Gasteiger partial charge in [-0.2, -0.15) is 9.78 Å². The number of aromatic nitrogens is 3. The van der Waals surface area contributed by atoms with Gasteiger partial charge in [0.2, 0.25) is 0 Å². The molecule has 186 valence electrons. The molecule has 0 unspecified atom stereocenters. The molecule has 0 N–H and O–H groups in total. The van der Waals surface area contributed by atoms with Crippen molar-refractivity contribution in [3.63, 3.8) is 0 Å². The van der Waals surface area contributed by atoms with Crippen LogP contribution < -0.4 is 10.3 Å². The number of halogens is 1. The molecule has 0 saturated heterocycles. The second-order valence-corrected chi connectivity index (χ2v) is 9.58. The van der Waals surface area contributed by atoms with Crippen LogP contribution in [-0.2, 0) is 9.53 Å². The van der Waals surface area contributed by atoms with Crippen LogP contribution in [0.2, 0.25) is 0 Å². The van der Waals surface area contributed by atoms with Crippen LogP contribution in [0, 0.1) is 20.8 Å². The maximum Gasteiger partial charge on any atom is 0.344 e. The Morgan fingerprint density at radius 3 is 2.53 bits per heavy atom. The van der Waals surface area contributed by atoms with E-state index in [0.29, 0.717) is 22.5 Å². The van der Waals surface area contributed by atoms with E-state index in [4.69, 9.17) is 9.47 Å². The Kier molecular flexibility index (Phi) is 7.40. The zero-order valence-electron chi connectivity index (χ0n) is 20.8. The number of carbonyl (C=O) groups excluding carboxylic acids is 1. The predicted octanol–water partition coefficient (Wildman–Crippen LogP) is 5.09. The Morgan fingerprint density at radius 2 is 1.83 bits per heavy atom. The van der Waals surface area contributed by atoms with E-state index in [0.717, 1.165) is 27.1 Å². The van der Waals surface area contributed by atoms with E-state index in [-0.39, 0.29) is 18.3 Å². The highest BCUT2D eigenvalue weighted by atomic mass is 79.9. The molecule has 0 aliphatic carbocycles. The molecule has 0 aliphatic rings. The Bertz CT molecular complexity index is 1520. The van der Waals surface area contributed by atoms with Crippen molar-refractivity contribution < 1.29 is 14.3 Å². The molecule has 0 bridgehead atoms. The molecule has 2 aromatic heterocycles. The zero-order valence-corrected chi connectivity index (χ0v) is 22.4. The lowest BCUT2D eigenvalue weighted by Crippen LogP contribution is -2.20. The van der Waals surface area contributed by atoms with Gasteiger partial charge in [-0.05, 0) is 83.1 Å². The first kappa shape index (κ1) is 25.4. The average Bonchev–Trinajstić information content (AvgIpc) is 3.11. The molecule has 36 heavy (non-hydrogen) atoms. The summed E-state index contributed by atoms with van der Waals surface area (Å²) in [6.07, 6.45) is 1.50. The van der Waals surface area contributed by atoms with Crippen LogP contribution in [0.5, 0.6) is 5.75 Å². The van der Waals surface area contributed by atoms with Gasteiger partial charge in [0.15, 0.2) is 6.61 Å². The molecule has 0 amide bonds. The number of hydrogen-bond donors (Lipinski definition) is 0. The van der Waals surface area contributed by atoms with Crippen LogP contribution in [0.1, 0.15) is 36.6 Å². The molecule has 0 atom stereocenters. The maximum atomic E-state index is 13.0. The summed E-state index contributed by atoms with van der Waals surface area (Å²) in [5.41, 5.74) is 4.20. The number of fused-ring (bicyclic) bond motifs is 1. The second-order valence-electron chi connectivity index (χ2n) is 8.67. The molecule has 2 aromatic carbocycles. The number of carbonyl (C=O) groups is 1. The lowest BCUT2D eigenvalue weighted by molar-refractivity contribution is -0.149. The molecule has 9 heteroatoms. The van der Waals surface area contributed by atoms with E-state index in [9.17, 15) is 9.59 Å². The van der Waals surface area contributed by atoms with E-state index in [1.807, 2.05) is 56.3 Å². The van der Waals surface area contributed by atoms with Gasteiger partial charge in [-0.15, -0.1) is 0 Å². The van der Waals surface area contributed by atoms with Crippen molar-refractivity contribution in [2.75, 3.05) is 6.61 Å². The van der Waals surface area contributed by atoms with E-state index < -0.39 is 5.97 Å². The van der Waals surface area contributed by atoms with E-state index >= 15 is 0 Å². The SMILES string of the molecule is Cc1cc(C=Nn2c(C)nc3ccc(Br)cc3c2=O)c(C)n1-c1ccc(OCC(=O)OC(C)C)cc1. The fourth-order valence-corrected chi connectivity index (χ4v) is 4.32. The number of ether oxygens (including phenoxy) is 2. The summed E-state index contributed by atoms with van der Waals surface area (Å²) < 4.78 is 14.8. The van der Waals surface area contributed by atoms with Crippen molar-refractivity contribution in [1.29, 1.82) is 0 Å². The van der Waals surface area contributed by atoms with E-state index in [1.54, 1.807) is 33.1 Å². The first-order valence-electron chi connectivity index (χ1n) is 11.5. The molecule has 2 heterocycles. The van der Waals surface area contributed by atoms with Gasteiger partial charge < -0.3 is 14.0 Å². The van der Waals surface area contributed by atoms with E-state index in [1.165, 1.54) is 4.68 Å². The standard InChI is InChI=1S/C27H27BrN4O4/c1-16(2)36-26(33)15-35-23-9-7-22(8-10-23)31-17(3)12-20(18(31)4)14-29-32-19(5)30-25-11-6-21(28)13-24(25)27(32)34/h6-14,16H,15H2,1-5H3. The Labute approximate surface area is 217 Å². The first-order chi connectivity index (χ1) is 17.1. The fourth-order valence-electron chi connectivity index (χ4n) is 3.96. The van der Waals surface area contributed by atoms with Crippen LogP contribution in [-0.4, -0.2) is 39.1 Å². The topological polar surface area (TPSA) is 87.7 Å². The first-order valence-corrected chi connectivity index (χ1v) is 12.3. The smallest absolute Gasteiger partial charge is 0.344 e. The summed E-state index contributed by atoms with van der Waals surface area (Å²) in [4.78, 5) is 29.2. The molecular weight excluding hydrogens is 524 g/mol. The number of benzene rings is 2. The maximum absolute atomic E-state index is 13.0. The van der Waals surface area contributed by atoms with Crippen LogP contribution in [0.4, 0.5) is 0 Å². The van der Waals surface area contributed by atoms with Crippen LogP contribution in [0.15, 0.2) is 62.9 Å². The van der Waals surface area contributed by atoms with Crippen molar-refractivity contribution >= 4 is 39.0 Å². The van der Waals surface area contributed by atoms with Gasteiger partial charge >= 0.3 is 5.97 Å². The molecule has 8 nitrogen and oxygen atoms in total. The second kappa shape index (κ2) is 10.5. The summed E-state index contributed by atoms with van der Waals surface area (Å²) in [6.45, 7) is 9.21. The molecule has 4 rings (SSSR count). The minimum atomic E-state index is -0.404. The summed E-state index contributed by atoms with van der Waals surface area (Å²) >= 11 is 3.41. The average molecular weight is 551 g/mol. The third kappa shape index (κ3) is 5.41. The Hall–Kier alpha value is -3.72. The number of rotatable bonds is 7. The minimum absolute atomic E-state index is 0.140. The molecule has 4 aromatic rings. The molecule has 0 aliphatic heterocycles. The van der Waals surface area contributed by atoms with Crippen molar-refractivity contribution in [2.45, 2.75) is 40.7 Å². The largest absolute Gasteiger partial charge is 0.482 e. The molecular formula is C27H27BrN4O4. The minimum Gasteiger partial charge on any atom is -0.482 e. The lowest BCUT2D eigenvalue weighted by atomic mass is 10.2. The lowest BCUT2D eigenvalue weighted by Gasteiger charge is -2.12. The van der Waals surface area contributed by atoms with Crippen molar-refractivity contribution in [1.82, 2.24) is 14.2 Å². The van der Waals surface area contributed by atoms with Gasteiger partial charge in [0.25, 0.3) is 5.56 Å². The molecule has 0 radical (unpaired) electrons. The third-order valence-electron chi connectivity index (χ3n) is 5.57. The van der Waals surface area contributed by atoms with Crippen LogP contribution in [0.25, 0.3) is 16.6 Å². The van der Waals surface area contributed by atoms with Gasteiger partial charge in [0, 0.05) is 27.1 Å². The summed E-state index contributed by atoms with van der Waals surface area (Å²) in [5.74, 6) is 0.681. The molecule has 0 saturated carbocycles. The van der Waals surface area contributed by atoms with Crippen LogP contribution in [0.3, 0.4) is 0 Å². The summed E-state index contributed by atoms with van der Waals surface area (Å²) in [7, 11) is 0. The highest BCUT2D eigenvalue weighted by Gasteiger charge is 2.12. The Morgan fingerprint density at radius 1 is 1.11 bits per heavy atom. The monoisotopic (exact) mass is 550 g/mol. The number of aryl methyl sites for hydroxylation is 2. The number of hydrogen-bond acceptors (Lipinski definition) is 6. The highest BCUT2D eigenvalue weighted by molar-refractivity contribution is 9.10. The third-order valence-corrected chi connectivity index (χ3v) is 6.06.